The van der Waals surface area contributed by atoms with Crippen LogP contribution in [-0.2, 0) is 29.2 Å². The molecule has 0 bridgehead atoms. The van der Waals surface area contributed by atoms with E-state index in [2.05, 4.69) is 20.7 Å². The normalized spacial score (nSPS) is 13.1. The Bertz CT molecular complexity index is 1640. The fourth-order valence-corrected chi connectivity index (χ4v) is 4.80. The third kappa shape index (κ3) is 7.59. The molecule has 0 saturated carbocycles. The second-order valence-corrected chi connectivity index (χ2v) is 10.8. The summed E-state index contributed by atoms with van der Waals surface area (Å²) in [6.07, 6.45) is 6.72. The lowest BCUT2D eigenvalue weighted by Gasteiger charge is -2.36. The Kier molecular flexibility index (Phi) is 9.85. The van der Waals surface area contributed by atoms with E-state index >= 15 is 0 Å². The van der Waals surface area contributed by atoms with Crippen LogP contribution in [0.2, 0.25) is 5.15 Å². The van der Waals surface area contributed by atoms with Crippen molar-refractivity contribution in [2.75, 3.05) is 49.9 Å². The van der Waals surface area contributed by atoms with Crippen LogP contribution in [-0.4, -0.2) is 75.8 Å². The molecule has 1 aliphatic heterocycles. The highest BCUT2D eigenvalue weighted by atomic mass is 35.5. The van der Waals surface area contributed by atoms with E-state index in [0.717, 1.165) is 11.1 Å². The third-order valence-corrected chi connectivity index (χ3v) is 6.97. The molecule has 3 heterocycles. The first-order valence-corrected chi connectivity index (χ1v) is 14.4. The summed E-state index contributed by atoms with van der Waals surface area (Å²) in [7, 11) is 5.47. The van der Waals surface area contributed by atoms with Crippen molar-refractivity contribution in [1.82, 2.24) is 29.5 Å². The Hall–Kier alpha value is -4.78. The maximum Gasteiger partial charge on any atom is 0.330 e. The van der Waals surface area contributed by atoms with Crippen LogP contribution in [0.25, 0.3) is 0 Å². The Morgan fingerprint density at radius 1 is 1.16 bits per heavy atom. The first kappa shape index (κ1) is 30.7. The van der Waals surface area contributed by atoms with E-state index in [4.69, 9.17) is 21.3 Å². The van der Waals surface area contributed by atoms with Gasteiger partial charge in [0.25, 0.3) is 0 Å². The minimum Gasteiger partial charge on any atom is -0.383 e. The van der Waals surface area contributed by atoms with Crippen molar-refractivity contribution < 1.29 is 14.3 Å². The van der Waals surface area contributed by atoms with E-state index in [1.54, 1.807) is 59.4 Å². The molecule has 13 heteroatoms. The zero-order chi connectivity index (χ0) is 31.1. The van der Waals surface area contributed by atoms with Crippen molar-refractivity contribution in [3.05, 3.63) is 95.4 Å². The minimum absolute atomic E-state index is 0.252. The van der Waals surface area contributed by atoms with Crippen molar-refractivity contribution >= 4 is 52.4 Å². The molecular formula is C31H34ClN9O3. The number of urea groups is 1. The van der Waals surface area contributed by atoms with Gasteiger partial charge >= 0.3 is 6.03 Å². The number of benzene rings is 2. The van der Waals surface area contributed by atoms with Gasteiger partial charge in [0.05, 0.1) is 37.3 Å². The highest BCUT2D eigenvalue weighted by Crippen LogP contribution is 2.36. The molecule has 0 fully saturated rings. The molecule has 0 saturated heterocycles. The van der Waals surface area contributed by atoms with E-state index in [0.29, 0.717) is 55.7 Å². The van der Waals surface area contributed by atoms with Gasteiger partial charge in [0.15, 0.2) is 11.0 Å². The molecule has 2 aromatic carbocycles. The first-order chi connectivity index (χ1) is 21.3. The lowest BCUT2D eigenvalue weighted by Crippen LogP contribution is -2.45. The number of methoxy groups -OCH3 is 1. The molecule has 0 atom stereocenters. The molecule has 0 radical (unpaired) electrons. The van der Waals surface area contributed by atoms with Crippen LogP contribution in [0.3, 0.4) is 0 Å². The second-order valence-electron chi connectivity index (χ2n) is 10.4. The van der Waals surface area contributed by atoms with Crippen LogP contribution in [0.1, 0.15) is 11.1 Å². The summed E-state index contributed by atoms with van der Waals surface area (Å²) in [6, 6.07) is 16.6. The number of rotatable bonds is 12. The Labute approximate surface area is 260 Å². The smallest absolute Gasteiger partial charge is 0.330 e. The Morgan fingerprint density at radius 3 is 2.75 bits per heavy atom. The average molecular weight is 616 g/mol. The zero-order valence-corrected chi connectivity index (χ0v) is 25.5. The number of nitrogens with one attached hydrogen (secondary N) is 2. The summed E-state index contributed by atoms with van der Waals surface area (Å²) in [5.74, 6) is 0.410. The number of nitrogens with zero attached hydrogens (tertiary/aromatic N) is 7. The lowest BCUT2D eigenvalue weighted by atomic mass is 10.1. The fraction of sp³-hybridized carbons (Fsp3) is 0.258. The number of hydrogen-bond acceptors (Lipinski definition) is 8. The van der Waals surface area contributed by atoms with Crippen LogP contribution in [0.4, 0.5) is 33.6 Å². The lowest BCUT2D eigenvalue weighted by molar-refractivity contribution is -0.111. The van der Waals surface area contributed by atoms with E-state index in [9.17, 15) is 9.59 Å². The number of carbonyl (C=O) groups excluding carboxylic acids is 2. The fourth-order valence-electron chi connectivity index (χ4n) is 4.61. The van der Waals surface area contributed by atoms with Gasteiger partial charge in [0.1, 0.15) is 0 Å². The molecule has 3 amide bonds. The number of likely N-dealkylation sites (N-methyl/N-ethyl adjacent to an activating group) is 1. The van der Waals surface area contributed by atoms with E-state index < -0.39 is 0 Å². The molecule has 1 aliphatic rings. The molecule has 228 valence electrons. The second kappa shape index (κ2) is 14.1. The largest absolute Gasteiger partial charge is 0.383 e. The van der Waals surface area contributed by atoms with Crippen molar-refractivity contribution in [2.24, 2.45) is 0 Å². The number of halogens is 1. The number of aromatic nitrogens is 4. The highest BCUT2D eigenvalue weighted by molar-refractivity contribution is 6.32. The van der Waals surface area contributed by atoms with Crippen LogP contribution in [0.15, 0.2) is 79.1 Å². The molecule has 2 N–H and O–H groups in total. The molecule has 0 spiro atoms. The maximum absolute atomic E-state index is 14.1. The van der Waals surface area contributed by atoms with E-state index in [-0.39, 0.29) is 23.0 Å². The van der Waals surface area contributed by atoms with Gasteiger partial charge in [-0.25, -0.2) is 14.7 Å². The minimum atomic E-state index is -0.267. The van der Waals surface area contributed by atoms with Gasteiger partial charge in [-0.1, -0.05) is 54.1 Å². The van der Waals surface area contributed by atoms with E-state index in [1.807, 2.05) is 49.3 Å². The molecule has 4 aromatic rings. The van der Waals surface area contributed by atoms with Gasteiger partial charge in [-0.15, -0.1) is 0 Å². The van der Waals surface area contributed by atoms with Crippen LogP contribution < -0.4 is 15.5 Å². The highest BCUT2D eigenvalue weighted by Gasteiger charge is 2.34. The Balaban J connectivity index is 1.46. The zero-order valence-electron chi connectivity index (χ0n) is 24.8. The summed E-state index contributed by atoms with van der Waals surface area (Å²) >= 11 is 6.36. The number of amides is 3. The standard InChI is InChI=1S/C31H34ClN9O3/c1-38(2)14-8-13-27(42)34-24-11-7-12-25(17-24)41-29-23(20-39(31(41)43)19-22-9-5-4-6-10-22)18-33-30(36-29)35-26-21-40(15-16-44-3)37-28(26)32/h4-13,17-18,21H,14-16,19-20H2,1-3H3,(H,34,42)(H,33,35,36)/b13-8+. The molecule has 12 nitrogen and oxygen atoms in total. The van der Waals surface area contributed by atoms with Gasteiger partial charge in [-0.2, -0.15) is 10.1 Å². The van der Waals surface area contributed by atoms with Crippen molar-refractivity contribution in [2.45, 2.75) is 19.6 Å². The summed E-state index contributed by atoms with van der Waals surface area (Å²) < 4.78 is 6.79. The summed E-state index contributed by atoms with van der Waals surface area (Å²) in [6.45, 7) is 2.37. The topological polar surface area (TPSA) is 121 Å². The van der Waals surface area contributed by atoms with Gasteiger partial charge in [0, 0.05) is 43.7 Å². The van der Waals surface area contributed by atoms with Crippen molar-refractivity contribution in [1.29, 1.82) is 0 Å². The van der Waals surface area contributed by atoms with Crippen LogP contribution in [0, 0.1) is 0 Å². The van der Waals surface area contributed by atoms with Crippen LogP contribution >= 0.6 is 11.6 Å². The number of anilines is 5. The monoisotopic (exact) mass is 615 g/mol. The Morgan fingerprint density at radius 2 is 1.98 bits per heavy atom. The molecule has 5 rings (SSSR count). The molecule has 2 aromatic heterocycles. The van der Waals surface area contributed by atoms with Crippen LogP contribution in [0.5, 0.6) is 0 Å². The number of carbonyl (C=O) groups is 2. The molecular weight excluding hydrogens is 582 g/mol. The predicted octanol–water partition coefficient (Wildman–Crippen LogP) is 5.05. The van der Waals surface area contributed by atoms with Gasteiger partial charge < -0.3 is 25.2 Å². The van der Waals surface area contributed by atoms with E-state index in [1.165, 1.54) is 11.0 Å². The quantitative estimate of drug-likeness (QED) is 0.213. The van der Waals surface area contributed by atoms with Crippen molar-refractivity contribution in [3.8, 4) is 0 Å². The number of fused-ring (bicyclic) bond motifs is 1. The SMILES string of the molecule is COCCn1cc(Nc2ncc3c(n2)N(c2cccc(NC(=O)/C=C/CN(C)C)c2)C(=O)N(Cc2ccccc2)C3)c(Cl)n1. The summed E-state index contributed by atoms with van der Waals surface area (Å²) in [5, 5.41) is 10.5. The predicted molar refractivity (Wildman–Crippen MR) is 170 cm³/mol. The molecule has 0 aliphatic carbocycles. The number of ether oxygens (including phenoxy) is 1. The van der Waals surface area contributed by atoms with Gasteiger partial charge in [0.2, 0.25) is 11.9 Å². The molecule has 44 heavy (non-hydrogen) atoms. The number of hydrogen-bond donors (Lipinski definition) is 2. The summed E-state index contributed by atoms with van der Waals surface area (Å²) in [4.78, 5) is 41.1. The van der Waals surface area contributed by atoms with Gasteiger partial charge in [-0.3, -0.25) is 9.48 Å². The third-order valence-electron chi connectivity index (χ3n) is 6.69. The van der Waals surface area contributed by atoms with Crippen molar-refractivity contribution in [3.63, 3.8) is 0 Å². The van der Waals surface area contributed by atoms with Gasteiger partial charge in [-0.05, 0) is 37.9 Å². The average Bonchev–Trinajstić information content (AvgIpc) is 3.35. The summed E-state index contributed by atoms with van der Waals surface area (Å²) in [5.41, 5.74) is 3.36. The first-order valence-electron chi connectivity index (χ1n) is 14.0. The maximum atomic E-state index is 14.1. The molecule has 0 unspecified atom stereocenters.